The molecule has 0 aliphatic carbocycles. The Hall–Kier alpha value is -1.25. The number of rotatable bonds is 14. The van der Waals surface area contributed by atoms with Crippen LogP contribution >= 0.6 is 0 Å². The van der Waals surface area contributed by atoms with Crippen LogP contribution in [-0.2, 0) is 9.47 Å². The van der Waals surface area contributed by atoms with Crippen molar-refractivity contribution in [1.29, 1.82) is 0 Å². The lowest BCUT2D eigenvalue weighted by Crippen LogP contribution is -2.09. The fourth-order valence-electron chi connectivity index (χ4n) is 1.84. The Labute approximate surface area is 124 Å². The van der Waals surface area contributed by atoms with Gasteiger partial charge in [0.1, 0.15) is 0 Å². The van der Waals surface area contributed by atoms with Crippen LogP contribution < -0.4 is 0 Å². The van der Waals surface area contributed by atoms with Crippen LogP contribution in [0.3, 0.4) is 0 Å². The molecule has 0 fully saturated rings. The molecule has 3 heteroatoms. The summed E-state index contributed by atoms with van der Waals surface area (Å²) < 4.78 is 10.00. The Morgan fingerprint density at radius 3 is 1.50 bits per heavy atom. The van der Waals surface area contributed by atoms with Gasteiger partial charge in [-0.3, -0.25) is 0 Å². The monoisotopic (exact) mass is 282 g/mol. The quantitative estimate of drug-likeness (QED) is 0.243. The zero-order chi connectivity index (χ0) is 14.9. The molecule has 0 spiro atoms. The van der Waals surface area contributed by atoms with Crippen LogP contribution in [0.2, 0.25) is 0 Å². The molecule has 0 heterocycles. The van der Waals surface area contributed by atoms with E-state index in [0.717, 1.165) is 51.4 Å². The maximum absolute atomic E-state index is 11.2. The largest absolute Gasteiger partial charge is 0.508 e. The lowest BCUT2D eigenvalue weighted by Gasteiger charge is -2.06. The van der Waals surface area contributed by atoms with Crippen LogP contribution in [0.4, 0.5) is 4.79 Å². The van der Waals surface area contributed by atoms with E-state index < -0.39 is 6.16 Å². The van der Waals surface area contributed by atoms with Crippen LogP contribution in [0.15, 0.2) is 25.3 Å². The number of ether oxygens (including phenoxy) is 2. The topological polar surface area (TPSA) is 35.5 Å². The summed E-state index contributed by atoms with van der Waals surface area (Å²) in [5.74, 6) is 0. The van der Waals surface area contributed by atoms with Gasteiger partial charge in [-0.2, -0.15) is 0 Å². The van der Waals surface area contributed by atoms with Gasteiger partial charge in [-0.05, 0) is 38.5 Å². The summed E-state index contributed by atoms with van der Waals surface area (Å²) in [7, 11) is 0. The van der Waals surface area contributed by atoms with Crippen LogP contribution in [0.1, 0.15) is 64.2 Å². The van der Waals surface area contributed by atoms with Crippen molar-refractivity contribution in [1.82, 2.24) is 0 Å². The summed E-state index contributed by atoms with van der Waals surface area (Å²) in [6.45, 7) is 8.30. The fourth-order valence-corrected chi connectivity index (χ4v) is 1.84. The van der Waals surface area contributed by atoms with Crippen molar-refractivity contribution in [3.8, 4) is 0 Å². The Morgan fingerprint density at radius 2 is 1.10 bits per heavy atom. The Balaban J connectivity index is 3.16. The van der Waals surface area contributed by atoms with Gasteiger partial charge >= 0.3 is 6.16 Å². The summed E-state index contributed by atoms with van der Waals surface area (Å²) in [6, 6.07) is 0. The van der Waals surface area contributed by atoms with E-state index in [1.165, 1.54) is 12.8 Å². The fraction of sp³-hybridized carbons (Fsp3) is 0.706. The minimum absolute atomic E-state index is 0.465. The average molecular weight is 282 g/mol. The van der Waals surface area contributed by atoms with E-state index >= 15 is 0 Å². The zero-order valence-electron chi connectivity index (χ0n) is 12.8. The van der Waals surface area contributed by atoms with Crippen LogP contribution in [0.5, 0.6) is 0 Å². The Bertz CT molecular complexity index is 225. The molecule has 0 saturated carbocycles. The lowest BCUT2D eigenvalue weighted by atomic mass is 10.1. The highest BCUT2D eigenvalue weighted by Crippen LogP contribution is 2.05. The third-order valence-corrected chi connectivity index (χ3v) is 3.04. The van der Waals surface area contributed by atoms with E-state index in [9.17, 15) is 4.79 Å². The molecule has 0 radical (unpaired) electrons. The minimum atomic E-state index is -0.526. The SMILES string of the molecule is C=CCCCCCCOC(=O)OCCCCCCC=C. The van der Waals surface area contributed by atoms with Gasteiger partial charge in [0.2, 0.25) is 0 Å². The normalized spacial score (nSPS) is 10.0. The maximum Gasteiger partial charge on any atom is 0.508 e. The molecule has 0 aliphatic heterocycles. The molecule has 20 heavy (non-hydrogen) atoms. The maximum atomic E-state index is 11.2. The van der Waals surface area contributed by atoms with Crippen LogP contribution in [0, 0.1) is 0 Å². The molecule has 0 aromatic heterocycles. The summed E-state index contributed by atoms with van der Waals surface area (Å²) in [5, 5.41) is 0. The highest BCUT2D eigenvalue weighted by Gasteiger charge is 2.02. The van der Waals surface area contributed by atoms with Crippen LogP contribution in [-0.4, -0.2) is 19.4 Å². The standard InChI is InChI=1S/C17H30O3/c1-3-5-7-9-11-13-15-19-17(18)20-16-14-12-10-8-6-4-2/h3-4H,1-2,5-16H2. The molecular formula is C17H30O3. The predicted octanol–water partition coefficient (Wildman–Crippen LogP) is 5.41. The van der Waals surface area contributed by atoms with Gasteiger partial charge in [-0.15, -0.1) is 13.2 Å². The minimum Gasteiger partial charge on any atom is -0.434 e. The molecule has 0 saturated heterocycles. The molecule has 0 amide bonds. The molecule has 0 aromatic rings. The van der Waals surface area contributed by atoms with E-state index in [4.69, 9.17) is 9.47 Å². The first-order chi connectivity index (χ1) is 9.81. The van der Waals surface area contributed by atoms with Crippen molar-refractivity contribution >= 4 is 6.16 Å². The second-order valence-electron chi connectivity index (χ2n) is 4.93. The van der Waals surface area contributed by atoms with Crippen molar-refractivity contribution in [3.05, 3.63) is 25.3 Å². The summed E-state index contributed by atoms with van der Waals surface area (Å²) in [4.78, 5) is 11.2. The number of allylic oxidation sites excluding steroid dienone is 2. The lowest BCUT2D eigenvalue weighted by molar-refractivity contribution is 0.0529. The number of hydrogen-bond acceptors (Lipinski definition) is 3. The highest BCUT2D eigenvalue weighted by atomic mass is 16.7. The smallest absolute Gasteiger partial charge is 0.434 e. The van der Waals surface area contributed by atoms with E-state index in [-0.39, 0.29) is 0 Å². The number of unbranched alkanes of at least 4 members (excludes halogenated alkanes) is 8. The molecule has 0 atom stereocenters. The predicted molar refractivity (Wildman–Crippen MR) is 83.9 cm³/mol. The van der Waals surface area contributed by atoms with Gasteiger partial charge in [0.25, 0.3) is 0 Å². The highest BCUT2D eigenvalue weighted by molar-refractivity contribution is 5.59. The first-order valence-electron chi connectivity index (χ1n) is 7.82. The molecule has 0 aliphatic rings. The molecule has 0 unspecified atom stereocenters. The molecule has 0 aromatic carbocycles. The number of hydrogen-bond donors (Lipinski definition) is 0. The van der Waals surface area contributed by atoms with Gasteiger partial charge < -0.3 is 9.47 Å². The van der Waals surface area contributed by atoms with Crippen molar-refractivity contribution in [3.63, 3.8) is 0 Å². The Kier molecular flexibility index (Phi) is 14.8. The third-order valence-electron chi connectivity index (χ3n) is 3.04. The van der Waals surface area contributed by atoms with Crippen molar-refractivity contribution in [2.45, 2.75) is 64.2 Å². The van der Waals surface area contributed by atoms with E-state index in [0.29, 0.717) is 13.2 Å². The summed E-state index contributed by atoms with van der Waals surface area (Å²) >= 11 is 0. The van der Waals surface area contributed by atoms with E-state index in [1.807, 2.05) is 12.2 Å². The molecular weight excluding hydrogens is 252 g/mol. The first kappa shape index (κ1) is 18.8. The van der Waals surface area contributed by atoms with Gasteiger partial charge in [0, 0.05) is 0 Å². The third kappa shape index (κ3) is 14.8. The molecule has 0 N–H and O–H groups in total. The molecule has 3 nitrogen and oxygen atoms in total. The van der Waals surface area contributed by atoms with Crippen molar-refractivity contribution in [2.24, 2.45) is 0 Å². The van der Waals surface area contributed by atoms with Crippen LogP contribution in [0.25, 0.3) is 0 Å². The zero-order valence-corrected chi connectivity index (χ0v) is 12.8. The first-order valence-corrected chi connectivity index (χ1v) is 7.82. The second kappa shape index (κ2) is 15.8. The average Bonchev–Trinajstić information content (AvgIpc) is 2.45. The number of carbonyl (C=O) groups excluding carboxylic acids is 1. The molecule has 0 rings (SSSR count). The summed E-state index contributed by atoms with van der Waals surface area (Å²) in [5.41, 5.74) is 0. The van der Waals surface area contributed by atoms with Crippen molar-refractivity contribution in [2.75, 3.05) is 13.2 Å². The van der Waals surface area contributed by atoms with Gasteiger partial charge in [-0.1, -0.05) is 37.8 Å². The van der Waals surface area contributed by atoms with E-state index in [2.05, 4.69) is 13.2 Å². The number of carbonyl (C=O) groups is 1. The van der Waals surface area contributed by atoms with Crippen molar-refractivity contribution < 1.29 is 14.3 Å². The van der Waals surface area contributed by atoms with E-state index in [1.54, 1.807) is 0 Å². The molecule has 0 bridgehead atoms. The van der Waals surface area contributed by atoms with Gasteiger partial charge in [0.15, 0.2) is 0 Å². The second-order valence-corrected chi connectivity index (χ2v) is 4.93. The van der Waals surface area contributed by atoms with Gasteiger partial charge in [0.05, 0.1) is 13.2 Å². The summed E-state index contributed by atoms with van der Waals surface area (Å²) in [6.07, 6.45) is 14.1. The van der Waals surface area contributed by atoms with Gasteiger partial charge in [-0.25, -0.2) is 4.79 Å². The Morgan fingerprint density at radius 1 is 0.700 bits per heavy atom. The molecule has 116 valence electrons.